The first-order chi connectivity index (χ1) is 6.65. The molecule has 0 spiro atoms. The molecule has 0 unspecified atom stereocenters. The van der Waals surface area contributed by atoms with Gasteiger partial charge in [-0.1, -0.05) is 6.92 Å². The summed E-state index contributed by atoms with van der Waals surface area (Å²) in [7, 11) is 0. The molecule has 2 N–H and O–H groups in total. The molecule has 0 radical (unpaired) electrons. The maximum Gasteiger partial charge on any atom is 0.326 e. The van der Waals surface area contributed by atoms with Gasteiger partial charge in [0.15, 0.2) is 0 Å². The van der Waals surface area contributed by atoms with E-state index in [0.717, 1.165) is 6.42 Å². The normalized spacial score (nSPS) is 23.1. The molecule has 1 rings (SSSR count). The Bertz CT molecular complexity index is 223. The lowest BCUT2D eigenvalue weighted by atomic mass is 10.2. The standard InChI is InChI=1S/C9H15NO4/c1-2-6(9(12)13)10-8(11)7-4-3-5-14-7/h6-7H,2-5H2,1H3,(H,10,11)(H,12,13)/t6-,7-/m0/s1. The van der Waals surface area contributed by atoms with Gasteiger partial charge in [-0.05, 0) is 19.3 Å². The topological polar surface area (TPSA) is 75.6 Å². The van der Waals surface area contributed by atoms with E-state index >= 15 is 0 Å². The fourth-order valence-electron chi connectivity index (χ4n) is 1.39. The third-order valence-corrected chi connectivity index (χ3v) is 2.24. The Morgan fingerprint density at radius 3 is 2.79 bits per heavy atom. The summed E-state index contributed by atoms with van der Waals surface area (Å²) < 4.78 is 5.13. The highest BCUT2D eigenvalue weighted by atomic mass is 16.5. The minimum Gasteiger partial charge on any atom is -0.480 e. The molecule has 0 bridgehead atoms. The van der Waals surface area contributed by atoms with Crippen molar-refractivity contribution in [3.05, 3.63) is 0 Å². The van der Waals surface area contributed by atoms with Crippen LogP contribution in [0.4, 0.5) is 0 Å². The Balaban J connectivity index is 2.41. The van der Waals surface area contributed by atoms with Crippen LogP contribution in [0.1, 0.15) is 26.2 Å². The molecule has 0 aromatic carbocycles. The van der Waals surface area contributed by atoms with Crippen molar-refractivity contribution in [1.29, 1.82) is 0 Å². The Hall–Kier alpha value is -1.10. The summed E-state index contributed by atoms with van der Waals surface area (Å²) in [5.41, 5.74) is 0. The van der Waals surface area contributed by atoms with Gasteiger partial charge in [-0.15, -0.1) is 0 Å². The largest absolute Gasteiger partial charge is 0.480 e. The van der Waals surface area contributed by atoms with E-state index in [1.807, 2.05) is 0 Å². The van der Waals surface area contributed by atoms with Gasteiger partial charge in [0, 0.05) is 6.61 Å². The van der Waals surface area contributed by atoms with Gasteiger partial charge in [0.05, 0.1) is 0 Å². The number of hydrogen-bond donors (Lipinski definition) is 2. The Kier molecular flexibility index (Phi) is 3.88. The summed E-state index contributed by atoms with van der Waals surface area (Å²) in [6.07, 6.45) is 1.47. The highest BCUT2D eigenvalue weighted by Gasteiger charge is 2.27. The second-order valence-corrected chi connectivity index (χ2v) is 3.31. The van der Waals surface area contributed by atoms with Gasteiger partial charge >= 0.3 is 5.97 Å². The lowest BCUT2D eigenvalue weighted by molar-refractivity contribution is -0.143. The van der Waals surface area contributed by atoms with E-state index in [1.54, 1.807) is 6.92 Å². The van der Waals surface area contributed by atoms with Crippen LogP contribution in [-0.4, -0.2) is 35.7 Å². The number of rotatable bonds is 4. The van der Waals surface area contributed by atoms with Crippen LogP contribution in [0.15, 0.2) is 0 Å². The van der Waals surface area contributed by atoms with E-state index in [-0.39, 0.29) is 5.91 Å². The highest BCUT2D eigenvalue weighted by Crippen LogP contribution is 2.12. The average Bonchev–Trinajstić information content (AvgIpc) is 2.65. The van der Waals surface area contributed by atoms with E-state index in [2.05, 4.69) is 5.32 Å². The van der Waals surface area contributed by atoms with Crippen molar-refractivity contribution in [2.75, 3.05) is 6.61 Å². The van der Waals surface area contributed by atoms with Crippen molar-refractivity contribution in [3.8, 4) is 0 Å². The van der Waals surface area contributed by atoms with Gasteiger partial charge in [0.2, 0.25) is 5.91 Å². The third-order valence-electron chi connectivity index (χ3n) is 2.24. The van der Waals surface area contributed by atoms with Gasteiger partial charge in [-0.2, -0.15) is 0 Å². The number of carbonyl (C=O) groups is 2. The van der Waals surface area contributed by atoms with Crippen molar-refractivity contribution in [3.63, 3.8) is 0 Å². The van der Waals surface area contributed by atoms with Gasteiger partial charge in [-0.3, -0.25) is 4.79 Å². The van der Waals surface area contributed by atoms with E-state index in [1.165, 1.54) is 0 Å². The number of carbonyl (C=O) groups excluding carboxylic acids is 1. The first kappa shape index (κ1) is 11.0. The third kappa shape index (κ3) is 2.70. The minimum absolute atomic E-state index is 0.309. The highest BCUT2D eigenvalue weighted by molar-refractivity contribution is 5.86. The summed E-state index contributed by atoms with van der Waals surface area (Å²) in [5, 5.41) is 11.2. The molecule has 1 fully saturated rings. The zero-order valence-corrected chi connectivity index (χ0v) is 8.16. The van der Waals surface area contributed by atoms with Crippen molar-refractivity contribution in [2.24, 2.45) is 0 Å². The first-order valence-electron chi connectivity index (χ1n) is 4.80. The molecule has 5 nitrogen and oxygen atoms in total. The number of aliphatic carboxylic acids is 1. The second kappa shape index (κ2) is 4.95. The van der Waals surface area contributed by atoms with Crippen LogP contribution in [0.5, 0.6) is 0 Å². The van der Waals surface area contributed by atoms with Crippen molar-refractivity contribution < 1.29 is 19.4 Å². The van der Waals surface area contributed by atoms with Crippen molar-refractivity contribution in [2.45, 2.75) is 38.3 Å². The molecule has 14 heavy (non-hydrogen) atoms. The second-order valence-electron chi connectivity index (χ2n) is 3.31. The van der Waals surface area contributed by atoms with Gasteiger partial charge in [-0.25, -0.2) is 4.79 Å². The van der Waals surface area contributed by atoms with Gasteiger partial charge in [0.25, 0.3) is 0 Å². The summed E-state index contributed by atoms with van der Waals surface area (Å²) in [4.78, 5) is 22.0. The van der Waals surface area contributed by atoms with Gasteiger partial charge in [0.1, 0.15) is 12.1 Å². The number of hydrogen-bond acceptors (Lipinski definition) is 3. The fourth-order valence-corrected chi connectivity index (χ4v) is 1.39. The van der Waals surface area contributed by atoms with Crippen molar-refractivity contribution >= 4 is 11.9 Å². The molecule has 1 heterocycles. The number of carboxylic acids is 1. The smallest absolute Gasteiger partial charge is 0.326 e. The summed E-state index contributed by atoms with van der Waals surface area (Å²) in [6.45, 7) is 2.30. The maximum atomic E-state index is 11.4. The van der Waals surface area contributed by atoms with Gasteiger partial charge < -0.3 is 15.2 Å². The Morgan fingerprint density at radius 1 is 1.64 bits per heavy atom. The number of carboxylic acid groups (broad SMARTS) is 1. The van der Waals surface area contributed by atoms with E-state index in [4.69, 9.17) is 9.84 Å². The molecular formula is C9H15NO4. The predicted molar refractivity (Wildman–Crippen MR) is 48.8 cm³/mol. The molecule has 1 aliphatic heterocycles. The lowest BCUT2D eigenvalue weighted by Gasteiger charge is -2.15. The van der Waals surface area contributed by atoms with Crippen LogP contribution in [-0.2, 0) is 14.3 Å². The molecule has 0 aliphatic carbocycles. The lowest BCUT2D eigenvalue weighted by Crippen LogP contribution is -2.44. The molecule has 1 aliphatic rings. The molecule has 1 saturated heterocycles. The molecule has 0 aromatic heterocycles. The average molecular weight is 201 g/mol. The number of ether oxygens (including phenoxy) is 1. The zero-order valence-electron chi connectivity index (χ0n) is 8.16. The van der Waals surface area contributed by atoms with Crippen LogP contribution in [0.3, 0.4) is 0 Å². The minimum atomic E-state index is -1.00. The molecule has 0 aromatic rings. The van der Waals surface area contributed by atoms with Crippen molar-refractivity contribution in [1.82, 2.24) is 5.32 Å². The summed E-state index contributed by atoms with van der Waals surface area (Å²) in [5.74, 6) is -1.31. The van der Waals surface area contributed by atoms with Crippen LogP contribution in [0.2, 0.25) is 0 Å². The van der Waals surface area contributed by atoms with Crippen LogP contribution >= 0.6 is 0 Å². The molecule has 1 amide bonds. The molecule has 2 atom stereocenters. The SMILES string of the molecule is CC[C@H](NC(=O)[C@@H]1CCCO1)C(=O)O. The van der Waals surface area contributed by atoms with Crippen LogP contribution in [0, 0.1) is 0 Å². The van der Waals surface area contributed by atoms with Crippen LogP contribution in [0.25, 0.3) is 0 Å². The monoisotopic (exact) mass is 201 g/mol. The van der Waals surface area contributed by atoms with E-state index in [0.29, 0.717) is 19.4 Å². The van der Waals surface area contributed by atoms with Crippen LogP contribution < -0.4 is 5.32 Å². The number of nitrogens with one attached hydrogen (secondary N) is 1. The molecule has 5 heteroatoms. The Labute approximate surface area is 82.4 Å². The Morgan fingerprint density at radius 2 is 2.36 bits per heavy atom. The summed E-state index contributed by atoms with van der Waals surface area (Å²) >= 11 is 0. The molecule has 0 saturated carbocycles. The molecule has 80 valence electrons. The predicted octanol–water partition coefficient (Wildman–Crippen LogP) is 0.145. The molecular weight excluding hydrogens is 186 g/mol. The zero-order chi connectivity index (χ0) is 10.6. The summed E-state index contributed by atoms with van der Waals surface area (Å²) in [6, 6.07) is -0.799. The maximum absolute atomic E-state index is 11.4. The quantitative estimate of drug-likeness (QED) is 0.678. The number of amides is 1. The van der Waals surface area contributed by atoms with E-state index in [9.17, 15) is 9.59 Å². The first-order valence-corrected chi connectivity index (χ1v) is 4.80. The fraction of sp³-hybridized carbons (Fsp3) is 0.778. The van der Waals surface area contributed by atoms with E-state index < -0.39 is 18.1 Å².